The Balaban J connectivity index is 2.89. The van der Waals surface area contributed by atoms with Gasteiger partial charge in [-0.15, -0.1) is 0 Å². The Labute approximate surface area is 109 Å². The molecule has 0 bridgehead atoms. The Morgan fingerprint density at radius 1 is 1.42 bits per heavy atom. The number of carbonyl (C=O) groups is 1. The molecular formula is C11H18F3NO4. The molecule has 1 fully saturated rings. The van der Waals surface area contributed by atoms with E-state index in [0.29, 0.717) is 0 Å². The fraction of sp³-hybridized carbons (Fsp3) is 0.909. The topological polar surface area (TPSA) is 56.8 Å². The molecule has 8 heteroatoms. The summed E-state index contributed by atoms with van der Waals surface area (Å²) in [7, 11) is 2.75. The summed E-state index contributed by atoms with van der Waals surface area (Å²) in [6.07, 6.45) is -6.07. The fourth-order valence-corrected chi connectivity index (χ4v) is 2.03. The number of alkyl halides is 3. The number of ether oxygens (including phenoxy) is 3. The van der Waals surface area contributed by atoms with Crippen LogP contribution in [0.5, 0.6) is 0 Å². The quantitative estimate of drug-likeness (QED) is 0.847. The van der Waals surface area contributed by atoms with Crippen molar-refractivity contribution in [3.8, 4) is 0 Å². The van der Waals surface area contributed by atoms with E-state index < -0.39 is 36.1 Å². The minimum atomic E-state index is -4.93. The molecular weight excluding hydrogens is 267 g/mol. The van der Waals surface area contributed by atoms with E-state index >= 15 is 0 Å². The zero-order valence-corrected chi connectivity index (χ0v) is 11.2. The molecule has 4 atom stereocenters. The highest BCUT2D eigenvalue weighted by Gasteiger charge is 2.50. The van der Waals surface area contributed by atoms with Crippen molar-refractivity contribution in [1.82, 2.24) is 5.32 Å². The Kier molecular flexibility index (Phi) is 4.81. The van der Waals surface area contributed by atoms with Gasteiger partial charge in [-0.2, -0.15) is 13.2 Å². The van der Waals surface area contributed by atoms with Crippen molar-refractivity contribution in [1.29, 1.82) is 0 Å². The van der Waals surface area contributed by atoms with Crippen LogP contribution in [0.1, 0.15) is 20.3 Å². The molecule has 1 aliphatic rings. The van der Waals surface area contributed by atoms with Crippen molar-refractivity contribution in [3.05, 3.63) is 0 Å². The number of methoxy groups -OCH3 is 2. The summed E-state index contributed by atoms with van der Waals surface area (Å²) >= 11 is 0. The summed E-state index contributed by atoms with van der Waals surface area (Å²) in [6, 6.07) is -0.861. The molecule has 0 aliphatic carbocycles. The molecule has 112 valence electrons. The van der Waals surface area contributed by atoms with Crippen LogP contribution in [0.3, 0.4) is 0 Å². The van der Waals surface area contributed by atoms with Crippen molar-refractivity contribution in [3.63, 3.8) is 0 Å². The number of amides is 1. The molecule has 1 N–H and O–H groups in total. The first-order valence-electron chi connectivity index (χ1n) is 5.76. The van der Waals surface area contributed by atoms with Crippen LogP contribution in [0.2, 0.25) is 0 Å². The van der Waals surface area contributed by atoms with Crippen LogP contribution in [0, 0.1) is 0 Å². The van der Waals surface area contributed by atoms with Gasteiger partial charge < -0.3 is 19.5 Å². The largest absolute Gasteiger partial charge is 0.471 e. The van der Waals surface area contributed by atoms with E-state index in [0.717, 1.165) is 0 Å². The molecule has 0 aromatic rings. The first-order chi connectivity index (χ1) is 8.65. The predicted molar refractivity (Wildman–Crippen MR) is 59.4 cm³/mol. The van der Waals surface area contributed by atoms with Crippen LogP contribution in [0.4, 0.5) is 13.2 Å². The SMILES string of the molecule is CO[C@@H]1C[C@H](NC(=O)C(F)(F)F)[C@@](C)(OC)[C@@H](C)O1. The third-order valence-electron chi connectivity index (χ3n) is 3.55. The van der Waals surface area contributed by atoms with Gasteiger partial charge in [-0.25, -0.2) is 0 Å². The maximum Gasteiger partial charge on any atom is 0.471 e. The molecule has 0 radical (unpaired) electrons. The number of carbonyl (C=O) groups excluding carboxylic acids is 1. The lowest BCUT2D eigenvalue weighted by atomic mass is 9.85. The van der Waals surface area contributed by atoms with Gasteiger partial charge >= 0.3 is 12.1 Å². The van der Waals surface area contributed by atoms with Gasteiger partial charge in [0.05, 0.1) is 12.1 Å². The molecule has 0 saturated carbocycles. The van der Waals surface area contributed by atoms with E-state index in [1.807, 2.05) is 5.32 Å². The predicted octanol–water partition coefficient (Wildman–Crippen LogP) is 1.22. The third-order valence-corrected chi connectivity index (χ3v) is 3.55. The Morgan fingerprint density at radius 3 is 2.42 bits per heavy atom. The second-order valence-electron chi connectivity index (χ2n) is 4.59. The molecule has 0 aromatic carbocycles. The zero-order valence-electron chi connectivity index (χ0n) is 11.2. The summed E-state index contributed by atoms with van der Waals surface area (Å²) in [5, 5.41) is 1.95. The molecule has 1 rings (SSSR count). The fourth-order valence-electron chi connectivity index (χ4n) is 2.03. The van der Waals surface area contributed by atoms with Crippen LogP contribution in [0.15, 0.2) is 0 Å². The monoisotopic (exact) mass is 285 g/mol. The lowest BCUT2D eigenvalue weighted by Crippen LogP contribution is -2.64. The number of hydrogen-bond acceptors (Lipinski definition) is 4. The average Bonchev–Trinajstić information content (AvgIpc) is 2.33. The lowest BCUT2D eigenvalue weighted by molar-refractivity contribution is -0.253. The van der Waals surface area contributed by atoms with Gasteiger partial charge in [0.15, 0.2) is 6.29 Å². The average molecular weight is 285 g/mol. The Morgan fingerprint density at radius 2 is 2.00 bits per heavy atom. The van der Waals surface area contributed by atoms with Gasteiger partial charge in [0.2, 0.25) is 0 Å². The van der Waals surface area contributed by atoms with Crippen molar-refractivity contribution in [2.75, 3.05) is 14.2 Å². The number of hydrogen-bond donors (Lipinski definition) is 1. The minimum absolute atomic E-state index is 0.0764. The van der Waals surface area contributed by atoms with Crippen molar-refractivity contribution < 1.29 is 32.2 Å². The minimum Gasteiger partial charge on any atom is -0.374 e. The van der Waals surface area contributed by atoms with E-state index in [9.17, 15) is 18.0 Å². The van der Waals surface area contributed by atoms with Crippen molar-refractivity contribution in [2.24, 2.45) is 0 Å². The highest BCUT2D eigenvalue weighted by atomic mass is 19.4. The molecule has 5 nitrogen and oxygen atoms in total. The molecule has 1 heterocycles. The number of nitrogens with one attached hydrogen (secondary N) is 1. The summed E-state index contributed by atoms with van der Waals surface area (Å²) in [5.41, 5.74) is -1.06. The molecule has 0 spiro atoms. The normalized spacial score (nSPS) is 36.1. The Hall–Kier alpha value is -0.860. The highest BCUT2D eigenvalue weighted by molar-refractivity contribution is 5.82. The number of halogens is 3. The van der Waals surface area contributed by atoms with Gasteiger partial charge in [-0.1, -0.05) is 0 Å². The van der Waals surface area contributed by atoms with Gasteiger partial charge in [-0.3, -0.25) is 4.79 Å². The van der Waals surface area contributed by atoms with E-state index in [1.165, 1.54) is 14.2 Å². The summed E-state index contributed by atoms with van der Waals surface area (Å²) < 4.78 is 52.7. The van der Waals surface area contributed by atoms with Crippen LogP contribution in [-0.2, 0) is 19.0 Å². The van der Waals surface area contributed by atoms with E-state index in [2.05, 4.69) is 0 Å². The van der Waals surface area contributed by atoms with Crippen LogP contribution in [-0.4, -0.2) is 50.3 Å². The lowest BCUT2D eigenvalue weighted by Gasteiger charge is -2.47. The third kappa shape index (κ3) is 3.37. The maximum absolute atomic E-state index is 12.3. The second kappa shape index (κ2) is 5.64. The molecule has 1 aliphatic heterocycles. The summed E-state index contributed by atoms with van der Waals surface area (Å²) in [6.45, 7) is 3.24. The van der Waals surface area contributed by atoms with Gasteiger partial charge in [0.25, 0.3) is 0 Å². The maximum atomic E-state index is 12.3. The molecule has 19 heavy (non-hydrogen) atoms. The van der Waals surface area contributed by atoms with Crippen LogP contribution in [0.25, 0.3) is 0 Å². The van der Waals surface area contributed by atoms with Gasteiger partial charge in [0, 0.05) is 20.6 Å². The summed E-state index contributed by atoms with van der Waals surface area (Å²) in [5.74, 6) is -2.00. The van der Waals surface area contributed by atoms with E-state index in [-0.39, 0.29) is 6.42 Å². The molecule has 0 unspecified atom stereocenters. The zero-order chi connectivity index (χ0) is 14.8. The van der Waals surface area contributed by atoms with E-state index in [1.54, 1.807) is 13.8 Å². The molecule has 1 amide bonds. The number of rotatable bonds is 3. The Bertz CT molecular complexity index is 336. The molecule has 1 saturated heterocycles. The van der Waals surface area contributed by atoms with Crippen molar-refractivity contribution >= 4 is 5.91 Å². The molecule has 0 aromatic heterocycles. The van der Waals surface area contributed by atoms with Crippen molar-refractivity contribution in [2.45, 2.75) is 50.5 Å². The van der Waals surface area contributed by atoms with Gasteiger partial charge in [0.1, 0.15) is 5.60 Å². The standard InChI is InChI=1S/C11H18F3NO4/c1-6-10(2,18-4)7(5-8(17-3)19-6)15-9(16)11(12,13)14/h6-8H,5H2,1-4H3,(H,15,16)/t6-,7+,8+,10+/m1/s1. The van der Waals surface area contributed by atoms with Crippen LogP contribution >= 0.6 is 0 Å². The smallest absolute Gasteiger partial charge is 0.374 e. The van der Waals surface area contributed by atoms with Gasteiger partial charge in [-0.05, 0) is 13.8 Å². The highest BCUT2D eigenvalue weighted by Crippen LogP contribution is 2.32. The summed E-state index contributed by atoms with van der Waals surface area (Å²) in [4.78, 5) is 11.1. The van der Waals surface area contributed by atoms with E-state index in [4.69, 9.17) is 14.2 Å². The first-order valence-corrected chi connectivity index (χ1v) is 5.76. The van der Waals surface area contributed by atoms with Crippen LogP contribution < -0.4 is 5.32 Å². The first kappa shape index (κ1) is 16.2. The second-order valence-corrected chi connectivity index (χ2v) is 4.59.